The van der Waals surface area contributed by atoms with Gasteiger partial charge in [-0.05, 0) is 74.2 Å². The zero-order valence-corrected chi connectivity index (χ0v) is 25.6. The first-order valence-corrected chi connectivity index (χ1v) is 15.1. The number of amides is 1. The summed E-state index contributed by atoms with van der Waals surface area (Å²) in [4.78, 5) is 18.5. The molecule has 0 bridgehead atoms. The molecule has 5 rings (SSSR count). The topological polar surface area (TPSA) is 81.1 Å². The highest BCUT2D eigenvalue weighted by molar-refractivity contribution is 7.99. The molecule has 4 aromatic rings. The SMILES string of the molecule is CCCSc1nc2n(n1)C(c1ccc(OCc3ccc(Cl)c(Cl)c3)cc1)C(C(=O)Nc1ccc(C)cc1C)=C(C)N2. The Hall–Kier alpha value is -3.46. The molecule has 1 aromatic heterocycles. The summed E-state index contributed by atoms with van der Waals surface area (Å²) in [6.45, 7) is 8.39. The molecule has 212 valence electrons. The van der Waals surface area contributed by atoms with Gasteiger partial charge >= 0.3 is 0 Å². The summed E-state index contributed by atoms with van der Waals surface area (Å²) in [5, 5.41) is 12.9. The molecule has 1 atom stereocenters. The van der Waals surface area contributed by atoms with Crippen LogP contribution in [0.25, 0.3) is 0 Å². The van der Waals surface area contributed by atoms with Crippen molar-refractivity contribution < 1.29 is 9.53 Å². The number of fused-ring (bicyclic) bond motifs is 1. The number of anilines is 2. The van der Waals surface area contributed by atoms with Crippen molar-refractivity contribution in [2.75, 3.05) is 16.4 Å². The zero-order valence-electron chi connectivity index (χ0n) is 23.3. The van der Waals surface area contributed by atoms with Gasteiger partial charge in [0.25, 0.3) is 5.91 Å². The van der Waals surface area contributed by atoms with Gasteiger partial charge < -0.3 is 15.4 Å². The van der Waals surface area contributed by atoms with Crippen molar-refractivity contribution in [1.82, 2.24) is 14.8 Å². The number of aromatic nitrogens is 3. The Balaban J connectivity index is 1.45. The fourth-order valence-corrected chi connectivity index (χ4v) is 5.68. The Morgan fingerprint density at radius 2 is 1.83 bits per heavy atom. The second-order valence-corrected chi connectivity index (χ2v) is 11.8. The molecule has 1 amide bonds. The maximum atomic E-state index is 13.8. The number of carbonyl (C=O) groups is 1. The maximum Gasteiger partial charge on any atom is 0.255 e. The number of hydrogen-bond acceptors (Lipinski definition) is 6. The summed E-state index contributed by atoms with van der Waals surface area (Å²) in [6, 6.07) is 18.6. The molecular formula is C31H31Cl2N5O2S. The molecule has 0 saturated heterocycles. The number of hydrogen-bond donors (Lipinski definition) is 2. The lowest BCUT2D eigenvalue weighted by molar-refractivity contribution is -0.113. The number of ether oxygens (including phenoxy) is 1. The van der Waals surface area contributed by atoms with E-state index in [-0.39, 0.29) is 5.91 Å². The number of rotatable bonds is 9. The lowest BCUT2D eigenvalue weighted by atomic mass is 9.94. The highest BCUT2D eigenvalue weighted by atomic mass is 35.5. The lowest BCUT2D eigenvalue weighted by Gasteiger charge is -2.29. The molecule has 0 saturated carbocycles. The third kappa shape index (κ3) is 6.56. The van der Waals surface area contributed by atoms with E-state index in [1.165, 1.54) is 0 Å². The number of nitrogens with zero attached hydrogens (tertiary/aromatic N) is 3. The standard InChI is InChI=1S/C31H31Cl2N5O2S/c1-5-14-41-31-36-30-34-20(4)27(29(39)35-26-13-6-18(2)15-19(26)3)28(38(30)37-31)22-8-10-23(11-9-22)40-17-21-7-12-24(32)25(33)16-21/h6-13,15-16,28H,5,14,17H2,1-4H3,(H,35,39)(H,34,36,37). The van der Waals surface area contributed by atoms with E-state index in [0.717, 1.165) is 45.8 Å². The van der Waals surface area contributed by atoms with Crippen LogP contribution in [0.1, 0.15) is 48.6 Å². The summed E-state index contributed by atoms with van der Waals surface area (Å²) in [5.74, 6) is 2.00. The fourth-order valence-electron chi connectivity index (χ4n) is 4.67. The minimum absolute atomic E-state index is 0.198. The number of allylic oxidation sites excluding steroid dienone is 1. The average molecular weight is 609 g/mol. The number of carbonyl (C=O) groups excluding carboxylic acids is 1. The van der Waals surface area contributed by atoms with Crippen LogP contribution >= 0.6 is 35.0 Å². The van der Waals surface area contributed by atoms with Crippen molar-refractivity contribution in [3.8, 4) is 5.75 Å². The van der Waals surface area contributed by atoms with Crippen LogP contribution in [0.2, 0.25) is 10.0 Å². The third-order valence-corrected chi connectivity index (χ3v) is 8.51. The second kappa shape index (κ2) is 12.6. The fraction of sp³-hybridized carbons (Fsp3) is 0.258. The predicted octanol–water partition coefficient (Wildman–Crippen LogP) is 8.21. The number of halogens is 2. The van der Waals surface area contributed by atoms with Crippen molar-refractivity contribution in [2.24, 2.45) is 0 Å². The largest absolute Gasteiger partial charge is 0.489 e. The van der Waals surface area contributed by atoms with Gasteiger partial charge in [-0.15, -0.1) is 5.10 Å². The molecule has 3 aromatic carbocycles. The van der Waals surface area contributed by atoms with E-state index in [1.54, 1.807) is 28.6 Å². The predicted molar refractivity (Wildman–Crippen MR) is 167 cm³/mol. The van der Waals surface area contributed by atoms with Crippen LogP contribution in [0.3, 0.4) is 0 Å². The third-order valence-electron chi connectivity index (χ3n) is 6.73. The molecule has 1 aliphatic rings. The summed E-state index contributed by atoms with van der Waals surface area (Å²) in [5.41, 5.74) is 6.00. The van der Waals surface area contributed by atoms with Crippen molar-refractivity contribution in [3.05, 3.63) is 104 Å². The summed E-state index contributed by atoms with van der Waals surface area (Å²) < 4.78 is 7.80. The molecule has 2 N–H and O–H groups in total. The van der Waals surface area contributed by atoms with Gasteiger partial charge in [0.15, 0.2) is 0 Å². The molecule has 0 radical (unpaired) electrons. The Morgan fingerprint density at radius 3 is 2.54 bits per heavy atom. The van der Waals surface area contributed by atoms with Crippen molar-refractivity contribution in [1.29, 1.82) is 0 Å². The normalized spacial score (nSPS) is 14.4. The van der Waals surface area contributed by atoms with Crippen LogP contribution in [0.5, 0.6) is 5.75 Å². The number of benzene rings is 3. The first kappa shape index (κ1) is 29.0. The highest BCUT2D eigenvalue weighted by Crippen LogP contribution is 2.37. The quantitative estimate of drug-likeness (QED) is 0.187. The van der Waals surface area contributed by atoms with E-state index >= 15 is 0 Å². The molecule has 2 heterocycles. The van der Waals surface area contributed by atoms with Crippen LogP contribution < -0.4 is 15.4 Å². The van der Waals surface area contributed by atoms with E-state index in [4.69, 9.17) is 38.0 Å². The van der Waals surface area contributed by atoms with Crippen molar-refractivity contribution in [3.63, 3.8) is 0 Å². The van der Waals surface area contributed by atoms with Gasteiger partial charge in [-0.1, -0.05) is 77.8 Å². The van der Waals surface area contributed by atoms with Gasteiger partial charge in [0.2, 0.25) is 11.1 Å². The molecule has 1 unspecified atom stereocenters. The molecule has 0 aliphatic carbocycles. The molecular weight excluding hydrogens is 577 g/mol. The van der Waals surface area contributed by atoms with Gasteiger partial charge in [0.05, 0.1) is 15.6 Å². The number of aryl methyl sites for hydroxylation is 2. The molecule has 0 spiro atoms. The number of nitrogens with one attached hydrogen (secondary N) is 2. The molecule has 7 nitrogen and oxygen atoms in total. The second-order valence-electron chi connectivity index (χ2n) is 9.96. The van der Waals surface area contributed by atoms with Gasteiger partial charge in [0.1, 0.15) is 18.4 Å². The van der Waals surface area contributed by atoms with Gasteiger partial charge in [-0.25, -0.2) is 4.68 Å². The Labute approximate surface area is 254 Å². The van der Waals surface area contributed by atoms with Crippen LogP contribution in [-0.2, 0) is 11.4 Å². The van der Waals surface area contributed by atoms with Crippen LogP contribution in [0.4, 0.5) is 11.6 Å². The first-order chi connectivity index (χ1) is 19.7. The monoisotopic (exact) mass is 607 g/mol. The Bertz CT molecular complexity index is 1620. The molecule has 41 heavy (non-hydrogen) atoms. The Morgan fingerprint density at radius 1 is 1.05 bits per heavy atom. The van der Waals surface area contributed by atoms with E-state index in [2.05, 4.69) is 23.6 Å². The smallest absolute Gasteiger partial charge is 0.255 e. The minimum atomic E-state index is -0.482. The summed E-state index contributed by atoms with van der Waals surface area (Å²) in [6.07, 6.45) is 1.01. The van der Waals surface area contributed by atoms with E-state index in [9.17, 15) is 4.79 Å². The van der Waals surface area contributed by atoms with E-state index in [1.807, 2.05) is 63.2 Å². The maximum absolute atomic E-state index is 13.8. The van der Waals surface area contributed by atoms with Crippen LogP contribution in [0, 0.1) is 13.8 Å². The highest BCUT2D eigenvalue weighted by Gasteiger charge is 2.34. The van der Waals surface area contributed by atoms with Gasteiger partial charge in [-0.2, -0.15) is 4.98 Å². The van der Waals surface area contributed by atoms with E-state index in [0.29, 0.717) is 39.1 Å². The van der Waals surface area contributed by atoms with Crippen LogP contribution in [-0.4, -0.2) is 26.4 Å². The summed E-state index contributed by atoms with van der Waals surface area (Å²) in [7, 11) is 0. The van der Waals surface area contributed by atoms with Crippen molar-refractivity contribution >= 4 is 52.5 Å². The zero-order chi connectivity index (χ0) is 29.1. The summed E-state index contributed by atoms with van der Waals surface area (Å²) >= 11 is 13.8. The van der Waals surface area contributed by atoms with Gasteiger partial charge in [-0.3, -0.25) is 4.79 Å². The van der Waals surface area contributed by atoms with Crippen LogP contribution in [0.15, 0.2) is 77.1 Å². The lowest BCUT2D eigenvalue weighted by Crippen LogP contribution is -2.31. The first-order valence-electron chi connectivity index (χ1n) is 13.4. The Kier molecular flexibility index (Phi) is 8.92. The van der Waals surface area contributed by atoms with Crippen molar-refractivity contribution in [2.45, 2.75) is 51.9 Å². The molecule has 1 aliphatic heterocycles. The average Bonchev–Trinajstić information content (AvgIpc) is 3.35. The molecule has 10 heteroatoms. The molecule has 0 fully saturated rings. The number of thioether (sulfide) groups is 1. The minimum Gasteiger partial charge on any atom is -0.489 e. The van der Waals surface area contributed by atoms with Gasteiger partial charge in [0, 0.05) is 17.1 Å². The van der Waals surface area contributed by atoms with E-state index < -0.39 is 6.04 Å².